The van der Waals surface area contributed by atoms with Crippen molar-refractivity contribution < 1.29 is 4.79 Å². The lowest BCUT2D eigenvalue weighted by atomic mass is 9.97. The minimum absolute atomic E-state index is 0.0339. The molecule has 1 aliphatic carbocycles. The first kappa shape index (κ1) is 16.7. The van der Waals surface area contributed by atoms with Gasteiger partial charge < -0.3 is 5.32 Å². The van der Waals surface area contributed by atoms with E-state index in [-0.39, 0.29) is 24.1 Å². The summed E-state index contributed by atoms with van der Waals surface area (Å²) < 4.78 is 1.40. The molecule has 5 heteroatoms. The Balaban J connectivity index is 1.71. The normalized spacial score (nSPS) is 16.5. The molecular weight excluding hydrogens is 302 g/mol. The van der Waals surface area contributed by atoms with E-state index in [9.17, 15) is 9.59 Å². The molecule has 1 aromatic carbocycles. The van der Waals surface area contributed by atoms with Crippen LogP contribution in [0.2, 0.25) is 0 Å². The molecule has 0 unspecified atom stereocenters. The van der Waals surface area contributed by atoms with E-state index in [4.69, 9.17) is 0 Å². The molecule has 1 amide bonds. The van der Waals surface area contributed by atoms with Crippen LogP contribution >= 0.6 is 0 Å². The van der Waals surface area contributed by atoms with Crippen LogP contribution in [0.3, 0.4) is 0 Å². The standard InChI is InChI=1S/C19H25N3O2/c1-14-8-7-11-16-18(14)20-13-22(19(16)24)12-17(23)21-15-9-5-3-2-4-6-10-15/h7-8,11,13,15H,2-6,9-10,12H2,1H3,(H,21,23). The molecule has 0 aliphatic heterocycles. The lowest BCUT2D eigenvalue weighted by molar-refractivity contribution is -0.122. The van der Waals surface area contributed by atoms with Crippen LogP contribution in [0.4, 0.5) is 0 Å². The highest BCUT2D eigenvalue weighted by molar-refractivity contribution is 5.81. The van der Waals surface area contributed by atoms with E-state index in [0.717, 1.165) is 18.4 Å². The molecule has 1 fully saturated rings. The molecule has 0 atom stereocenters. The van der Waals surface area contributed by atoms with Crippen molar-refractivity contribution in [1.29, 1.82) is 0 Å². The number of benzene rings is 1. The first-order valence-electron chi connectivity index (χ1n) is 8.89. The minimum Gasteiger partial charge on any atom is -0.352 e. The summed E-state index contributed by atoms with van der Waals surface area (Å²) in [5, 5.41) is 3.66. The number of rotatable bonds is 3. The highest BCUT2D eigenvalue weighted by Crippen LogP contribution is 2.17. The average molecular weight is 327 g/mol. The number of nitrogens with zero attached hydrogens (tertiary/aromatic N) is 2. The fraction of sp³-hybridized carbons (Fsp3) is 0.526. The number of para-hydroxylation sites is 1. The van der Waals surface area contributed by atoms with Crippen LogP contribution in [-0.4, -0.2) is 21.5 Å². The number of aryl methyl sites for hydroxylation is 1. The molecule has 0 radical (unpaired) electrons. The molecule has 0 bridgehead atoms. The lowest BCUT2D eigenvalue weighted by Gasteiger charge is -2.21. The zero-order valence-electron chi connectivity index (χ0n) is 14.3. The summed E-state index contributed by atoms with van der Waals surface area (Å²) >= 11 is 0. The first-order valence-corrected chi connectivity index (χ1v) is 8.89. The number of hydrogen-bond acceptors (Lipinski definition) is 3. The Morgan fingerprint density at radius 3 is 2.67 bits per heavy atom. The van der Waals surface area contributed by atoms with Gasteiger partial charge in [-0.05, 0) is 31.4 Å². The molecule has 1 heterocycles. The van der Waals surface area contributed by atoms with Crippen molar-refractivity contribution in [2.24, 2.45) is 0 Å². The Morgan fingerprint density at radius 1 is 1.21 bits per heavy atom. The minimum atomic E-state index is -0.156. The van der Waals surface area contributed by atoms with Gasteiger partial charge in [-0.1, -0.05) is 44.2 Å². The predicted octanol–water partition coefficient (Wildman–Crippen LogP) is 2.93. The quantitative estimate of drug-likeness (QED) is 0.943. The second-order valence-corrected chi connectivity index (χ2v) is 6.76. The molecule has 2 aromatic rings. The molecule has 1 N–H and O–H groups in total. The number of hydrogen-bond donors (Lipinski definition) is 1. The van der Waals surface area contributed by atoms with E-state index in [1.807, 2.05) is 19.1 Å². The Bertz CT molecular complexity index is 774. The summed E-state index contributed by atoms with van der Waals surface area (Å²) in [4.78, 5) is 29.2. The summed E-state index contributed by atoms with van der Waals surface area (Å²) in [5.74, 6) is -0.100. The van der Waals surface area contributed by atoms with Gasteiger partial charge in [0.25, 0.3) is 5.56 Å². The zero-order valence-corrected chi connectivity index (χ0v) is 14.3. The molecule has 0 spiro atoms. The number of nitrogens with one attached hydrogen (secondary N) is 1. The van der Waals surface area contributed by atoms with Gasteiger partial charge in [0.2, 0.25) is 5.91 Å². The average Bonchev–Trinajstić information content (AvgIpc) is 2.53. The van der Waals surface area contributed by atoms with E-state index in [1.54, 1.807) is 6.07 Å². The van der Waals surface area contributed by atoms with Crippen LogP contribution < -0.4 is 10.9 Å². The third-order valence-corrected chi connectivity index (χ3v) is 4.84. The lowest BCUT2D eigenvalue weighted by Crippen LogP contribution is -2.39. The number of carbonyl (C=O) groups excluding carboxylic acids is 1. The van der Waals surface area contributed by atoms with Crippen molar-refractivity contribution in [1.82, 2.24) is 14.9 Å². The van der Waals surface area contributed by atoms with Gasteiger partial charge in [-0.25, -0.2) is 4.98 Å². The van der Waals surface area contributed by atoms with Crippen LogP contribution in [0.1, 0.15) is 50.5 Å². The molecule has 128 valence electrons. The summed E-state index contributed by atoms with van der Waals surface area (Å²) in [6.07, 6.45) is 9.70. The molecule has 3 rings (SSSR count). The van der Waals surface area contributed by atoms with Crippen LogP contribution in [0.5, 0.6) is 0 Å². The molecule has 0 saturated heterocycles. The third kappa shape index (κ3) is 3.83. The Kier molecular flexibility index (Phi) is 5.28. The Labute approximate surface area is 142 Å². The monoisotopic (exact) mass is 327 g/mol. The highest BCUT2D eigenvalue weighted by atomic mass is 16.2. The van der Waals surface area contributed by atoms with Crippen molar-refractivity contribution in [3.05, 3.63) is 40.4 Å². The number of fused-ring (bicyclic) bond motifs is 1. The van der Waals surface area contributed by atoms with Gasteiger partial charge in [0.15, 0.2) is 0 Å². The van der Waals surface area contributed by atoms with E-state index < -0.39 is 0 Å². The number of amides is 1. The second-order valence-electron chi connectivity index (χ2n) is 6.76. The van der Waals surface area contributed by atoms with Gasteiger partial charge >= 0.3 is 0 Å². The maximum Gasteiger partial charge on any atom is 0.261 e. The summed E-state index contributed by atoms with van der Waals surface area (Å²) in [7, 11) is 0. The van der Waals surface area contributed by atoms with E-state index >= 15 is 0 Å². The van der Waals surface area contributed by atoms with Crippen molar-refractivity contribution in [2.45, 2.75) is 64.5 Å². The fourth-order valence-corrected chi connectivity index (χ4v) is 3.48. The summed E-state index contributed by atoms with van der Waals surface area (Å²) in [6, 6.07) is 5.78. The van der Waals surface area contributed by atoms with E-state index in [0.29, 0.717) is 10.9 Å². The molecule has 1 aromatic heterocycles. The van der Waals surface area contributed by atoms with E-state index in [1.165, 1.54) is 43.0 Å². The van der Waals surface area contributed by atoms with Crippen LogP contribution in [0, 0.1) is 6.92 Å². The largest absolute Gasteiger partial charge is 0.352 e. The molecular formula is C19H25N3O2. The van der Waals surface area contributed by atoms with Gasteiger partial charge in [-0.2, -0.15) is 0 Å². The van der Waals surface area contributed by atoms with Gasteiger partial charge in [0.1, 0.15) is 6.54 Å². The predicted molar refractivity (Wildman–Crippen MR) is 95.0 cm³/mol. The Morgan fingerprint density at radius 2 is 1.92 bits per heavy atom. The van der Waals surface area contributed by atoms with Gasteiger partial charge in [-0.3, -0.25) is 14.2 Å². The smallest absolute Gasteiger partial charge is 0.261 e. The van der Waals surface area contributed by atoms with Crippen molar-refractivity contribution in [2.75, 3.05) is 0 Å². The highest BCUT2D eigenvalue weighted by Gasteiger charge is 2.15. The van der Waals surface area contributed by atoms with Crippen molar-refractivity contribution in [3.8, 4) is 0 Å². The van der Waals surface area contributed by atoms with Gasteiger partial charge in [-0.15, -0.1) is 0 Å². The summed E-state index contributed by atoms with van der Waals surface area (Å²) in [6.45, 7) is 1.96. The molecule has 24 heavy (non-hydrogen) atoms. The van der Waals surface area contributed by atoms with Crippen molar-refractivity contribution in [3.63, 3.8) is 0 Å². The molecule has 1 aliphatic rings. The third-order valence-electron chi connectivity index (χ3n) is 4.84. The van der Waals surface area contributed by atoms with Crippen LogP contribution in [-0.2, 0) is 11.3 Å². The van der Waals surface area contributed by atoms with Crippen molar-refractivity contribution >= 4 is 16.8 Å². The topological polar surface area (TPSA) is 64.0 Å². The Hall–Kier alpha value is -2.17. The fourth-order valence-electron chi connectivity index (χ4n) is 3.48. The second kappa shape index (κ2) is 7.60. The first-order chi connectivity index (χ1) is 11.6. The molecule has 1 saturated carbocycles. The van der Waals surface area contributed by atoms with Crippen LogP contribution in [0.25, 0.3) is 10.9 Å². The summed E-state index contributed by atoms with van der Waals surface area (Å²) in [5.41, 5.74) is 1.52. The van der Waals surface area contributed by atoms with Gasteiger partial charge in [0.05, 0.1) is 17.2 Å². The van der Waals surface area contributed by atoms with Crippen LogP contribution in [0.15, 0.2) is 29.3 Å². The number of carbonyl (C=O) groups is 1. The number of aromatic nitrogens is 2. The maximum absolute atomic E-state index is 12.6. The maximum atomic E-state index is 12.6. The SMILES string of the molecule is Cc1cccc2c(=O)n(CC(=O)NC3CCCCCCC3)cnc12. The van der Waals surface area contributed by atoms with E-state index in [2.05, 4.69) is 10.3 Å². The molecule has 5 nitrogen and oxygen atoms in total. The zero-order chi connectivity index (χ0) is 16.9. The van der Waals surface area contributed by atoms with Gasteiger partial charge in [0, 0.05) is 6.04 Å².